The number of hydrogen-bond acceptors (Lipinski definition) is 4. The quantitative estimate of drug-likeness (QED) is 0.852. The molecular weight excluding hydrogens is 214 g/mol. The Hall–Kier alpha value is -1.13. The number of anilines is 1. The molecule has 1 aromatic heterocycles. The number of nitrogens with zero attached hydrogens (tertiary/aromatic N) is 2. The molecule has 1 saturated heterocycles. The summed E-state index contributed by atoms with van der Waals surface area (Å²) in [6, 6.07) is 4.34. The summed E-state index contributed by atoms with van der Waals surface area (Å²) in [6.07, 6.45) is 3.75. The zero-order chi connectivity index (χ0) is 12.1. The van der Waals surface area contributed by atoms with Gasteiger partial charge in [-0.15, -0.1) is 0 Å². The van der Waals surface area contributed by atoms with Crippen LogP contribution in [0.25, 0.3) is 0 Å². The van der Waals surface area contributed by atoms with Crippen LogP contribution in [0, 0.1) is 0 Å². The average molecular weight is 235 g/mol. The van der Waals surface area contributed by atoms with E-state index in [1.54, 1.807) is 0 Å². The summed E-state index contributed by atoms with van der Waals surface area (Å²) < 4.78 is 5.37. The molecule has 0 radical (unpaired) electrons. The smallest absolute Gasteiger partial charge is 0.131 e. The van der Waals surface area contributed by atoms with Crippen molar-refractivity contribution in [3.05, 3.63) is 23.9 Å². The van der Waals surface area contributed by atoms with E-state index in [0.717, 1.165) is 45.0 Å². The van der Waals surface area contributed by atoms with Gasteiger partial charge in [-0.2, -0.15) is 0 Å². The maximum atomic E-state index is 6.03. The highest BCUT2D eigenvalue weighted by atomic mass is 16.5. The molecule has 4 heteroatoms. The van der Waals surface area contributed by atoms with E-state index in [9.17, 15) is 0 Å². The van der Waals surface area contributed by atoms with E-state index < -0.39 is 0 Å². The largest absolute Gasteiger partial charge is 0.378 e. The fourth-order valence-corrected chi connectivity index (χ4v) is 2.08. The normalized spacial score (nSPS) is 18.1. The van der Waals surface area contributed by atoms with Crippen molar-refractivity contribution in [2.45, 2.75) is 25.8 Å². The first-order valence-corrected chi connectivity index (χ1v) is 6.33. The lowest BCUT2D eigenvalue weighted by atomic mass is 10.1. The molecule has 1 aromatic rings. The molecule has 0 saturated carbocycles. The molecule has 0 aliphatic carbocycles. The van der Waals surface area contributed by atoms with E-state index in [2.05, 4.69) is 22.9 Å². The third-order valence-corrected chi connectivity index (χ3v) is 3.18. The molecule has 0 spiro atoms. The van der Waals surface area contributed by atoms with E-state index in [1.165, 1.54) is 5.56 Å². The van der Waals surface area contributed by atoms with Crippen LogP contribution in [0.5, 0.6) is 0 Å². The summed E-state index contributed by atoms with van der Waals surface area (Å²) in [5.41, 5.74) is 7.29. The summed E-state index contributed by atoms with van der Waals surface area (Å²) in [5.74, 6) is 1.08. The Morgan fingerprint density at radius 1 is 1.47 bits per heavy atom. The van der Waals surface area contributed by atoms with Crippen LogP contribution in [0.2, 0.25) is 0 Å². The first-order chi connectivity index (χ1) is 8.31. The number of rotatable bonds is 4. The third-order valence-electron chi connectivity index (χ3n) is 3.18. The standard InChI is InChI=1S/C13H21N3O/c1-2-12(14)10-11-4-3-5-15-13(11)16-6-8-17-9-7-16/h3-5,12H,2,6-10,14H2,1H3. The second-order valence-corrected chi connectivity index (χ2v) is 4.46. The molecule has 0 bridgehead atoms. The third kappa shape index (κ3) is 3.17. The summed E-state index contributed by atoms with van der Waals surface area (Å²) >= 11 is 0. The van der Waals surface area contributed by atoms with Crippen LogP contribution in [0.15, 0.2) is 18.3 Å². The lowest BCUT2D eigenvalue weighted by Crippen LogP contribution is -2.37. The Balaban J connectivity index is 2.14. The van der Waals surface area contributed by atoms with Crippen molar-refractivity contribution in [3.8, 4) is 0 Å². The molecule has 1 unspecified atom stereocenters. The molecule has 2 rings (SSSR count). The Morgan fingerprint density at radius 2 is 2.24 bits per heavy atom. The van der Waals surface area contributed by atoms with E-state index in [0.29, 0.717) is 0 Å². The van der Waals surface area contributed by atoms with Crippen LogP contribution in [0.4, 0.5) is 5.82 Å². The molecule has 1 fully saturated rings. The minimum atomic E-state index is 0.221. The summed E-state index contributed by atoms with van der Waals surface area (Å²) in [5, 5.41) is 0. The minimum absolute atomic E-state index is 0.221. The van der Waals surface area contributed by atoms with Crippen molar-refractivity contribution in [2.24, 2.45) is 5.73 Å². The van der Waals surface area contributed by atoms with Crippen molar-refractivity contribution in [1.29, 1.82) is 0 Å². The number of nitrogens with two attached hydrogens (primary N) is 1. The van der Waals surface area contributed by atoms with E-state index in [4.69, 9.17) is 10.5 Å². The maximum Gasteiger partial charge on any atom is 0.131 e. The number of hydrogen-bond donors (Lipinski definition) is 1. The molecule has 17 heavy (non-hydrogen) atoms. The van der Waals surface area contributed by atoms with E-state index in [-0.39, 0.29) is 6.04 Å². The Morgan fingerprint density at radius 3 is 2.94 bits per heavy atom. The van der Waals surface area contributed by atoms with Crippen LogP contribution in [-0.2, 0) is 11.2 Å². The predicted molar refractivity (Wildman–Crippen MR) is 69.2 cm³/mol. The molecule has 2 heterocycles. The van der Waals surface area contributed by atoms with Crippen LogP contribution < -0.4 is 10.6 Å². The number of aromatic nitrogens is 1. The first-order valence-electron chi connectivity index (χ1n) is 6.33. The first kappa shape index (κ1) is 12.3. The Kier molecular flexibility index (Phi) is 4.34. The molecule has 1 aliphatic rings. The van der Waals surface area contributed by atoms with Crippen molar-refractivity contribution < 1.29 is 4.74 Å². The van der Waals surface area contributed by atoms with Crippen LogP contribution in [0.3, 0.4) is 0 Å². The summed E-state index contributed by atoms with van der Waals surface area (Å²) in [4.78, 5) is 6.80. The van der Waals surface area contributed by atoms with Gasteiger partial charge < -0.3 is 15.4 Å². The number of ether oxygens (including phenoxy) is 1. The lowest BCUT2D eigenvalue weighted by Gasteiger charge is -2.29. The second-order valence-electron chi connectivity index (χ2n) is 4.46. The average Bonchev–Trinajstić information content (AvgIpc) is 2.40. The van der Waals surface area contributed by atoms with Gasteiger partial charge in [0.1, 0.15) is 5.82 Å². The molecule has 0 aromatic carbocycles. The summed E-state index contributed by atoms with van der Waals surface area (Å²) in [7, 11) is 0. The lowest BCUT2D eigenvalue weighted by molar-refractivity contribution is 0.122. The van der Waals surface area contributed by atoms with Crippen LogP contribution in [0.1, 0.15) is 18.9 Å². The van der Waals surface area contributed by atoms with Gasteiger partial charge in [0, 0.05) is 25.3 Å². The van der Waals surface area contributed by atoms with Crippen molar-refractivity contribution >= 4 is 5.82 Å². The molecule has 2 N–H and O–H groups in total. The fraction of sp³-hybridized carbons (Fsp3) is 0.615. The van der Waals surface area contributed by atoms with E-state index in [1.807, 2.05) is 12.3 Å². The van der Waals surface area contributed by atoms with Gasteiger partial charge in [-0.25, -0.2) is 4.98 Å². The second kappa shape index (κ2) is 5.98. The molecule has 0 amide bonds. The number of pyridine rings is 1. The van der Waals surface area contributed by atoms with Gasteiger partial charge in [-0.3, -0.25) is 0 Å². The van der Waals surface area contributed by atoms with Crippen molar-refractivity contribution in [2.75, 3.05) is 31.2 Å². The highest BCUT2D eigenvalue weighted by molar-refractivity contribution is 5.47. The Labute approximate surface area is 103 Å². The van der Waals surface area contributed by atoms with E-state index >= 15 is 0 Å². The van der Waals surface area contributed by atoms with Gasteiger partial charge >= 0.3 is 0 Å². The van der Waals surface area contributed by atoms with Crippen molar-refractivity contribution in [3.63, 3.8) is 0 Å². The zero-order valence-electron chi connectivity index (χ0n) is 10.4. The predicted octanol–water partition coefficient (Wildman–Crippen LogP) is 1.20. The van der Waals surface area contributed by atoms with Crippen LogP contribution >= 0.6 is 0 Å². The van der Waals surface area contributed by atoms with Crippen molar-refractivity contribution in [1.82, 2.24) is 4.98 Å². The topological polar surface area (TPSA) is 51.4 Å². The molecule has 1 aliphatic heterocycles. The molecule has 1 atom stereocenters. The minimum Gasteiger partial charge on any atom is -0.378 e. The zero-order valence-corrected chi connectivity index (χ0v) is 10.4. The van der Waals surface area contributed by atoms with Crippen LogP contribution in [-0.4, -0.2) is 37.3 Å². The van der Waals surface area contributed by atoms with Gasteiger partial charge in [-0.1, -0.05) is 13.0 Å². The fourth-order valence-electron chi connectivity index (χ4n) is 2.08. The van der Waals surface area contributed by atoms with Gasteiger partial charge in [0.25, 0.3) is 0 Å². The number of morpholine rings is 1. The maximum absolute atomic E-state index is 6.03. The Bertz CT molecular complexity index is 350. The van der Waals surface area contributed by atoms with Gasteiger partial charge in [0.15, 0.2) is 0 Å². The highest BCUT2D eigenvalue weighted by Gasteiger charge is 2.16. The molecular formula is C13H21N3O. The molecule has 4 nitrogen and oxygen atoms in total. The van der Waals surface area contributed by atoms with Gasteiger partial charge in [0.2, 0.25) is 0 Å². The monoisotopic (exact) mass is 235 g/mol. The SMILES string of the molecule is CCC(N)Cc1cccnc1N1CCOCC1. The molecule has 94 valence electrons. The highest BCUT2D eigenvalue weighted by Crippen LogP contribution is 2.19. The van der Waals surface area contributed by atoms with Gasteiger partial charge in [-0.05, 0) is 24.5 Å². The summed E-state index contributed by atoms with van der Waals surface area (Å²) in [6.45, 7) is 5.54. The van der Waals surface area contributed by atoms with Gasteiger partial charge in [0.05, 0.1) is 13.2 Å².